The molecule has 0 bridgehead atoms. The van der Waals surface area contributed by atoms with Gasteiger partial charge in [-0.3, -0.25) is 0 Å². The number of halogens is 1. The Labute approximate surface area is 179 Å². The molecule has 1 aromatic rings. The highest BCUT2D eigenvalue weighted by Gasteiger charge is 2.13. The highest BCUT2D eigenvalue weighted by Crippen LogP contribution is 2.20. The fourth-order valence-electron chi connectivity index (χ4n) is 2.91. The lowest BCUT2D eigenvalue weighted by molar-refractivity contribution is 0.0277. The molecule has 0 amide bonds. The van der Waals surface area contributed by atoms with Crippen molar-refractivity contribution in [3.8, 4) is 0 Å². The summed E-state index contributed by atoms with van der Waals surface area (Å²) in [7, 11) is 0. The van der Waals surface area contributed by atoms with Gasteiger partial charge in [-0.05, 0) is 32.1 Å². The molecule has 1 saturated carbocycles. The first-order chi connectivity index (χ1) is 12.2. The molecule has 0 unspecified atom stereocenters. The van der Waals surface area contributed by atoms with Crippen LogP contribution in [0.4, 0.5) is 0 Å². The minimum absolute atomic E-state index is 0. The van der Waals surface area contributed by atoms with Crippen LogP contribution in [-0.2, 0) is 11.3 Å². The van der Waals surface area contributed by atoms with Gasteiger partial charge in [0, 0.05) is 25.1 Å². The molecular weight excluding hydrogens is 459 g/mol. The van der Waals surface area contributed by atoms with Crippen LogP contribution in [0.25, 0.3) is 0 Å². The van der Waals surface area contributed by atoms with Gasteiger partial charge in [0.25, 0.3) is 0 Å². The Morgan fingerprint density at radius 1 is 1.31 bits per heavy atom. The smallest absolute Gasteiger partial charge is 0.191 e. The van der Waals surface area contributed by atoms with Gasteiger partial charge >= 0.3 is 0 Å². The van der Waals surface area contributed by atoms with Crippen molar-refractivity contribution < 1.29 is 4.74 Å². The third-order valence-electron chi connectivity index (χ3n) is 4.40. The largest absolute Gasteiger partial charge is 0.378 e. The van der Waals surface area contributed by atoms with Crippen LogP contribution >= 0.6 is 35.3 Å². The third-order valence-corrected chi connectivity index (χ3v) is 5.25. The predicted molar refractivity (Wildman–Crippen MR) is 122 cm³/mol. The topological polar surface area (TPSA) is 58.5 Å². The number of guanidine groups is 1. The number of aromatic nitrogens is 1. The third kappa shape index (κ3) is 8.99. The van der Waals surface area contributed by atoms with Gasteiger partial charge < -0.3 is 15.4 Å². The van der Waals surface area contributed by atoms with E-state index in [0.717, 1.165) is 42.8 Å². The first-order valence-corrected chi connectivity index (χ1v) is 10.6. The fourth-order valence-corrected chi connectivity index (χ4v) is 3.79. The highest BCUT2D eigenvalue weighted by molar-refractivity contribution is 14.0. The molecule has 1 aromatic heterocycles. The average molecular weight is 494 g/mol. The lowest BCUT2D eigenvalue weighted by Crippen LogP contribution is -2.38. The Kier molecular flexibility index (Phi) is 12.5. The maximum atomic E-state index is 5.97. The molecule has 7 heteroatoms. The molecule has 2 N–H and O–H groups in total. The molecule has 0 aromatic carbocycles. The highest BCUT2D eigenvalue weighted by atomic mass is 127. The standard InChI is InChI=1S/C19H34N4OS.HI/c1-4-20-19(22-13-18-23-17(14-25-18)15(2)3)21-11-8-12-24-16-9-6-5-7-10-16;/h14-16H,4-13H2,1-3H3,(H2,20,21,22);1H. The van der Waals surface area contributed by atoms with E-state index in [1.807, 2.05) is 0 Å². The number of hydrogen-bond donors (Lipinski definition) is 2. The van der Waals surface area contributed by atoms with Crippen LogP contribution in [0, 0.1) is 0 Å². The monoisotopic (exact) mass is 494 g/mol. The molecule has 150 valence electrons. The summed E-state index contributed by atoms with van der Waals surface area (Å²) in [6.45, 7) is 9.63. The van der Waals surface area contributed by atoms with Crippen molar-refractivity contribution in [2.24, 2.45) is 4.99 Å². The first kappa shape index (κ1) is 23.6. The van der Waals surface area contributed by atoms with Crippen molar-refractivity contribution >= 4 is 41.3 Å². The summed E-state index contributed by atoms with van der Waals surface area (Å²) in [6, 6.07) is 0. The van der Waals surface area contributed by atoms with Crippen molar-refractivity contribution in [2.75, 3.05) is 19.7 Å². The number of hydrogen-bond acceptors (Lipinski definition) is 4. The number of rotatable bonds is 9. The molecule has 0 aliphatic heterocycles. The Balaban J connectivity index is 0.00000338. The number of nitrogens with one attached hydrogen (secondary N) is 2. The first-order valence-electron chi connectivity index (χ1n) is 9.77. The molecule has 0 radical (unpaired) electrons. The zero-order chi connectivity index (χ0) is 17.9. The zero-order valence-electron chi connectivity index (χ0n) is 16.4. The van der Waals surface area contributed by atoms with Crippen LogP contribution in [0.5, 0.6) is 0 Å². The van der Waals surface area contributed by atoms with Gasteiger partial charge in [0.2, 0.25) is 0 Å². The molecule has 1 fully saturated rings. The molecule has 1 aliphatic carbocycles. The van der Waals surface area contributed by atoms with Crippen molar-refractivity contribution in [1.29, 1.82) is 0 Å². The fraction of sp³-hybridized carbons (Fsp3) is 0.789. The minimum atomic E-state index is 0. The predicted octanol–water partition coefficient (Wildman–Crippen LogP) is 4.68. The number of thiazole rings is 1. The van der Waals surface area contributed by atoms with Crippen molar-refractivity contribution in [3.05, 3.63) is 16.1 Å². The molecule has 0 atom stereocenters. The second-order valence-corrected chi connectivity index (χ2v) is 7.87. The Bertz CT molecular complexity index is 515. The normalized spacial score (nSPS) is 15.8. The molecule has 0 spiro atoms. The van der Waals surface area contributed by atoms with Crippen LogP contribution in [-0.4, -0.2) is 36.7 Å². The lowest BCUT2D eigenvalue weighted by atomic mass is 9.98. The molecule has 26 heavy (non-hydrogen) atoms. The van der Waals surface area contributed by atoms with Crippen LogP contribution in [0.2, 0.25) is 0 Å². The number of aliphatic imine (C=N–C) groups is 1. The van der Waals surface area contributed by atoms with Crippen molar-refractivity contribution in [3.63, 3.8) is 0 Å². The van der Waals surface area contributed by atoms with E-state index in [1.165, 1.54) is 32.1 Å². The summed E-state index contributed by atoms with van der Waals surface area (Å²) in [5.41, 5.74) is 1.16. The Morgan fingerprint density at radius 3 is 2.73 bits per heavy atom. The molecule has 1 heterocycles. The summed E-state index contributed by atoms with van der Waals surface area (Å²) in [5, 5.41) is 9.90. The molecule has 2 rings (SSSR count). The average Bonchev–Trinajstić information content (AvgIpc) is 3.09. The Morgan fingerprint density at radius 2 is 2.08 bits per heavy atom. The van der Waals surface area contributed by atoms with Crippen molar-refractivity contribution in [2.45, 2.75) is 77.9 Å². The summed E-state index contributed by atoms with van der Waals surface area (Å²) in [5.74, 6) is 1.34. The quantitative estimate of drug-likeness (QED) is 0.227. The van der Waals surface area contributed by atoms with Gasteiger partial charge in [-0.2, -0.15) is 0 Å². The van der Waals surface area contributed by atoms with Crippen LogP contribution in [0.15, 0.2) is 10.4 Å². The zero-order valence-corrected chi connectivity index (χ0v) is 19.6. The van der Waals surface area contributed by atoms with E-state index in [9.17, 15) is 0 Å². The van der Waals surface area contributed by atoms with E-state index >= 15 is 0 Å². The molecule has 1 aliphatic rings. The van der Waals surface area contributed by atoms with E-state index in [-0.39, 0.29) is 24.0 Å². The Hall–Kier alpha value is -0.410. The van der Waals surface area contributed by atoms with E-state index in [2.05, 4.69) is 46.8 Å². The van der Waals surface area contributed by atoms with Crippen LogP contribution in [0.3, 0.4) is 0 Å². The van der Waals surface area contributed by atoms with Gasteiger partial charge in [-0.25, -0.2) is 9.98 Å². The second kappa shape index (κ2) is 13.7. The van der Waals surface area contributed by atoms with Gasteiger partial charge in [-0.1, -0.05) is 33.1 Å². The van der Waals surface area contributed by atoms with Crippen LogP contribution in [0.1, 0.15) is 75.9 Å². The summed E-state index contributed by atoms with van der Waals surface area (Å²) < 4.78 is 5.97. The van der Waals surface area contributed by atoms with E-state index in [4.69, 9.17) is 4.74 Å². The molecule has 5 nitrogen and oxygen atoms in total. The second-order valence-electron chi connectivity index (χ2n) is 6.93. The van der Waals surface area contributed by atoms with E-state index in [1.54, 1.807) is 11.3 Å². The summed E-state index contributed by atoms with van der Waals surface area (Å²) in [6.07, 6.45) is 8.02. The summed E-state index contributed by atoms with van der Waals surface area (Å²) >= 11 is 1.69. The maximum Gasteiger partial charge on any atom is 0.191 e. The molecule has 0 saturated heterocycles. The number of ether oxygens (including phenoxy) is 1. The lowest BCUT2D eigenvalue weighted by Gasteiger charge is -2.22. The van der Waals surface area contributed by atoms with E-state index < -0.39 is 0 Å². The number of nitrogens with zero attached hydrogens (tertiary/aromatic N) is 2. The van der Waals surface area contributed by atoms with Crippen molar-refractivity contribution in [1.82, 2.24) is 15.6 Å². The van der Waals surface area contributed by atoms with Crippen LogP contribution < -0.4 is 10.6 Å². The van der Waals surface area contributed by atoms with E-state index in [0.29, 0.717) is 18.6 Å². The van der Waals surface area contributed by atoms with Gasteiger partial charge in [0.15, 0.2) is 5.96 Å². The van der Waals surface area contributed by atoms with Gasteiger partial charge in [0.1, 0.15) is 5.01 Å². The van der Waals surface area contributed by atoms with Gasteiger partial charge in [0.05, 0.1) is 18.3 Å². The maximum absolute atomic E-state index is 5.97. The molecular formula is C19H35IN4OS. The van der Waals surface area contributed by atoms with Gasteiger partial charge in [-0.15, -0.1) is 35.3 Å². The summed E-state index contributed by atoms with van der Waals surface area (Å²) in [4.78, 5) is 9.28. The SMILES string of the molecule is CCNC(=NCc1nc(C(C)C)cs1)NCCCOC1CCCCC1.I. The minimum Gasteiger partial charge on any atom is -0.378 e.